The van der Waals surface area contributed by atoms with E-state index in [1.165, 1.54) is 0 Å². The summed E-state index contributed by atoms with van der Waals surface area (Å²) in [5.41, 5.74) is 0.455. The largest absolute Gasteiger partial charge is 0.375 e. The second-order valence-corrected chi connectivity index (χ2v) is 5.91. The Morgan fingerprint density at radius 1 is 1.53 bits per heavy atom. The molecule has 1 N–H and O–H groups in total. The van der Waals surface area contributed by atoms with Gasteiger partial charge in [-0.3, -0.25) is 4.79 Å². The van der Waals surface area contributed by atoms with Crippen LogP contribution in [0.1, 0.15) is 6.92 Å². The molecule has 2 fully saturated rings. The summed E-state index contributed by atoms with van der Waals surface area (Å²) in [6.45, 7) is 4.71. The molecule has 3 rings (SSSR count). The van der Waals surface area contributed by atoms with Gasteiger partial charge in [0.25, 0.3) is 5.56 Å². The van der Waals surface area contributed by atoms with Crippen molar-refractivity contribution in [2.75, 3.05) is 37.5 Å². The monoisotopic (exact) mass is 282 g/mol. The van der Waals surface area contributed by atoms with Crippen LogP contribution in [0.2, 0.25) is 0 Å². The quantitative estimate of drug-likeness (QED) is 0.823. The van der Waals surface area contributed by atoms with E-state index >= 15 is 0 Å². The molecule has 0 radical (unpaired) electrons. The van der Waals surface area contributed by atoms with Crippen molar-refractivity contribution in [2.24, 2.45) is 0 Å². The Morgan fingerprint density at radius 3 is 2.95 bits per heavy atom. The Hall–Kier alpha value is -0.980. The third-order valence-electron chi connectivity index (χ3n) is 4.05. The number of ether oxygens (including phenoxy) is 2. The number of nitrogens with one attached hydrogen (secondary N) is 1. The molecule has 0 bridgehead atoms. The van der Waals surface area contributed by atoms with E-state index in [9.17, 15) is 4.79 Å². The first-order valence-electron chi connectivity index (χ1n) is 6.41. The van der Waals surface area contributed by atoms with Crippen molar-refractivity contribution in [1.29, 1.82) is 0 Å². The van der Waals surface area contributed by atoms with Gasteiger partial charge in [0.15, 0.2) is 0 Å². The van der Waals surface area contributed by atoms with E-state index < -0.39 is 0 Å². The highest BCUT2D eigenvalue weighted by atomic mass is 32.2. The third-order valence-corrected chi connectivity index (χ3v) is 4.75. The molecule has 104 valence electrons. The van der Waals surface area contributed by atoms with E-state index in [0.29, 0.717) is 19.8 Å². The Labute approximate surface area is 116 Å². The first-order chi connectivity index (χ1) is 9.16. The number of hydrogen-bond donors (Lipinski definition) is 1. The normalized spacial score (nSPS) is 25.4. The summed E-state index contributed by atoms with van der Waals surface area (Å²) in [5, 5.41) is 0. The number of aromatic amines is 1. The lowest BCUT2D eigenvalue weighted by Gasteiger charge is -2.53. The molecule has 0 saturated carbocycles. The molecule has 1 atom stereocenters. The molecule has 6 heteroatoms. The first-order valence-corrected chi connectivity index (χ1v) is 7.64. The van der Waals surface area contributed by atoms with Gasteiger partial charge in [-0.25, -0.2) is 0 Å². The Balaban J connectivity index is 1.94. The van der Waals surface area contributed by atoms with Gasteiger partial charge in [0.1, 0.15) is 11.3 Å². The van der Waals surface area contributed by atoms with Crippen LogP contribution in [0.15, 0.2) is 22.0 Å². The van der Waals surface area contributed by atoms with Gasteiger partial charge in [-0.1, -0.05) is 0 Å². The number of thioether (sulfide) groups is 1. The van der Waals surface area contributed by atoms with Crippen LogP contribution in [-0.4, -0.2) is 49.2 Å². The molecule has 2 aliphatic rings. The van der Waals surface area contributed by atoms with Crippen LogP contribution < -0.4 is 10.5 Å². The molecule has 0 aliphatic carbocycles. The fraction of sp³-hybridized carbons (Fsp3) is 0.615. The average Bonchev–Trinajstić information content (AvgIpc) is 2.38. The highest BCUT2D eigenvalue weighted by Crippen LogP contribution is 2.34. The molecule has 19 heavy (non-hydrogen) atoms. The zero-order valence-electron chi connectivity index (χ0n) is 11.1. The van der Waals surface area contributed by atoms with Gasteiger partial charge in [0.05, 0.1) is 25.9 Å². The SMILES string of the molecule is CSc1c[nH]c(=O)c(N2CCOC3(COC3)[C@@H]2C)c1. The molecule has 5 nitrogen and oxygen atoms in total. The smallest absolute Gasteiger partial charge is 0.271 e. The molecular weight excluding hydrogens is 264 g/mol. The van der Waals surface area contributed by atoms with Gasteiger partial charge in [-0.15, -0.1) is 11.8 Å². The minimum atomic E-state index is -0.236. The Bertz CT molecular complexity index is 527. The molecule has 2 aliphatic heterocycles. The number of rotatable bonds is 2. The van der Waals surface area contributed by atoms with Crippen molar-refractivity contribution in [1.82, 2.24) is 4.98 Å². The summed E-state index contributed by atoms with van der Waals surface area (Å²) in [6, 6.07) is 2.10. The van der Waals surface area contributed by atoms with Crippen LogP contribution in [0, 0.1) is 0 Å². The number of anilines is 1. The standard InChI is InChI=1S/C13H18N2O3S/c1-9-13(7-17-8-13)18-4-3-15(9)11-5-10(19-2)6-14-12(11)16/h5-6,9H,3-4,7-8H2,1-2H3,(H,14,16)/t9-/m0/s1. The summed E-state index contributed by atoms with van der Waals surface area (Å²) in [6.07, 6.45) is 3.76. The Kier molecular flexibility index (Phi) is 3.32. The van der Waals surface area contributed by atoms with E-state index in [4.69, 9.17) is 9.47 Å². The van der Waals surface area contributed by atoms with E-state index in [1.54, 1.807) is 18.0 Å². The number of aromatic nitrogens is 1. The molecule has 0 unspecified atom stereocenters. The van der Waals surface area contributed by atoms with Crippen molar-refractivity contribution in [3.05, 3.63) is 22.6 Å². The fourth-order valence-electron chi connectivity index (χ4n) is 2.69. The van der Waals surface area contributed by atoms with E-state index in [2.05, 4.69) is 16.8 Å². The van der Waals surface area contributed by atoms with Crippen LogP contribution in [-0.2, 0) is 9.47 Å². The number of nitrogens with zero attached hydrogens (tertiary/aromatic N) is 1. The zero-order valence-corrected chi connectivity index (χ0v) is 12.0. The summed E-state index contributed by atoms with van der Waals surface area (Å²) in [7, 11) is 0. The highest BCUT2D eigenvalue weighted by Gasteiger charge is 2.50. The molecule has 1 aromatic heterocycles. The van der Waals surface area contributed by atoms with Gasteiger partial charge in [-0.05, 0) is 19.2 Å². The molecule has 2 saturated heterocycles. The number of hydrogen-bond acceptors (Lipinski definition) is 5. The highest BCUT2D eigenvalue weighted by molar-refractivity contribution is 7.98. The lowest BCUT2D eigenvalue weighted by atomic mass is 9.90. The van der Waals surface area contributed by atoms with Crippen LogP contribution in [0.3, 0.4) is 0 Å². The first kappa shape index (κ1) is 13.0. The second-order valence-electron chi connectivity index (χ2n) is 5.03. The second kappa shape index (κ2) is 4.85. The maximum atomic E-state index is 12.1. The maximum absolute atomic E-state index is 12.1. The predicted molar refractivity (Wildman–Crippen MR) is 75.2 cm³/mol. The summed E-state index contributed by atoms with van der Waals surface area (Å²) in [4.78, 5) is 18.1. The lowest BCUT2D eigenvalue weighted by molar-refractivity contribution is -0.228. The summed E-state index contributed by atoms with van der Waals surface area (Å²) >= 11 is 1.62. The van der Waals surface area contributed by atoms with Crippen LogP contribution in [0.4, 0.5) is 5.69 Å². The van der Waals surface area contributed by atoms with Gasteiger partial charge in [-0.2, -0.15) is 0 Å². The number of morpholine rings is 1. The van der Waals surface area contributed by atoms with Gasteiger partial charge < -0.3 is 19.4 Å². The summed E-state index contributed by atoms with van der Waals surface area (Å²) < 4.78 is 11.2. The molecular formula is C13H18N2O3S. The predicted octanol–water partition coefficient (Wildman–Crippen LogP) is 1.09. The van der Waals surface area contributed by atoms with Crippen LogP contribution in [0.5, 0.6) is 0 Å². The number of pyridine rings is 1. The zero-order chi connectivity index (χ0) is 13.5. The van der Waals surface area contributed by atoms with Gasteiger partial charge >= 0.3 is 0 Å². The van der Waals surface area contributed by atoms with E-state index in [-0.39, 0.29) is 17.2 Å². The molecule has 3 heterocycles. The maximum Gasteiger partial charge on any atom is 0.271 e. The minimum absolute atomic E-state index is 0.0399. The number of H-pyrrole nitrogens is 1. The van der Waals surface area contributed by atoms with Crippen molar-refractivity contribution < 1.29 is 9.47 Å². The van der Waals surface area contributed by atoms with Crippen molar-refractivity contribution in [2.45, 2.75) is 23.5 Å². The van der Waals surface area contributed by atoms with Gasteiger partial charge in [0.2, 0.25) is 0 Å². The topological polar surface area (TPSA) is 54.6 Å². The molecule has 1 aromatic rings. The molecule has 0 aromatic carbocycles. The van der Waals surface area contributed by atoms with E-state index in [0.717, 1.165) is 17.1 Å². The van der Waals surface area contributed by atoms with Crippen molar-refractivity contribution >= 4 is 17.4 Å². The third kappa shape index (κ3) is 2.07. The van der Waals surface area contributed by atoms with Crippen molar-refractivity contribution in [3.63, 3.8) is 0 Å². The fourth-order valence-corrected chi connectivity index (χ4v) is 3.09. The van der Waals surface area contributed by atoms with Crippen LogP contribution >= 0.6 is 11.8 Å². The summed E-state index contributed by atoms with van der Waals surface area (Å²) in [5.74, 6) is 0. The van der Waals surface area contributed by atoms with Crippen LogP contribution in [0.25, 0.3) is 0 Å². The lowest BCUT2D eigenvalue weighted by Crippen LogP contribution is -2.68. The molecule has 1 spiro atoms. The van der Waals surface area contributed by atoms with Gasteiger partial charge in [0, 0.05) is 17.6 Å². The van der Waals surface area contributed by atoms with Crippen molar-refractivity contribution in [3.8, 4) is 0 Å². The van der Waals surface area contributed by atoms with E-state index in [1.807, 2.05) is 12.3 Å². The average molecular weight is 282 g/mol. The minimum Gasteiger partial charge on any atom is -0.375 e. The molecule has 0 amide bonds. The Morgan fingerprint density at radius 2 is 2.32 bits per heavy atom.